The molecule has 0 radical (unpaired) electrons. The summed E-state index contributed by atoms with van der Waals surface area (Å²) in [5.41, 5.74) is 0.901. The van der Waals surface area contributed by atoms with Gasteiger partial charge in [0.1, 0.15) is 17.0 Å². The van der Waals surface area contributed by atoms with Gasteiger partial charge in [-0.3, -0.25) is 5.32 Å². The first kappa shape index (κ1) is 19.0. The molecule has 25 heavy (non-hydrogen) atoms. The van der Waals surface area contributed by atoms with Gasteiger partial charge in [-0.25, -0.2) is 14.6 Å². The summed E-state index contributed by atoms with van der Waals surface area (Å²) in [7, 11) is 0. The highest BCUT2D eigenvalue weighted by Gasteiger charge is 2.26. The molecule has 0 saturated carbocycles. The lowest BCUT2D eigenvalue weighted by atomic mass is 10.0. The van der Waals surface area contributed by atoms with Crippen molar-refractivity contribution < 1.29 is 19.1 Å². The van der Waals surface area contributed by atoms with Crippen molar-refractivity contribution in [3.8, 4) is 0 Å². The van der Waals surface area contributed by atoms with Gasteiger partial charge in [0.2, 0.25) is 0 Å². The average Bonchev–Trinajstić information content (AvgIpc) is 2.42. The van der Waals surface area contributed by atoms with Gasteiger partial charge in [-0.05, 0) is 65.2 Å². The molecular formula is C18H27N3O4. The minimum Gasteiger partial charge on any atom is -0.444 e. The third-order valence-electron chi connectivity index (χ3n) is 3.38. The van der Waals surface area contributed by atoms with Gasteiger partial charge in [0.15, 0.2) is 0 Å². The summed E-state index contributed by atoms with van der Waals surface area (Å²) < 4.78 is 10.6. The second-order valence-electron chi connectivity index (χ2n) is 8.12. The van der Waals surface area contributed by atoms with E-state index in [4.69, 9.17) is 9.47 Å². The number of carbonyl (C=O) groups is 2. The average molecular weight is 349 g/mol. The van der Waals surface area contributed by atoms with E-state index in [9.17, 15) is 9.59 Å². The van der Waals surface area contributed by atoms with Crippen LogP contribution in [-0.2, 0) is 22.4 Å². The third kappa shape index (κ3) is 5.92. The van der Waals surface area contributed by atoms with Gasteiger partial charge in [-0.15, -0.1) is 0 Å². The van der Waals surface area contributed by atoms with Crippen LogP contribution in [0.5, 0.6) is 0 Å². The molecule has 1 aromatic rings. The summed E-state index contributed by atoms with van der Waals surface area (Å²) in [6.45, 7) is 11.9. The summed E-state index contributed by atoms with van der Waals surface area (Å²) in [5, 5.41) is 2.62. The Morgan fingerprint density at radius 2 is 1.72 bits per heavy atom. The van der Waals surface area contributed by atoms with E-state index in [1.165, 1.54) is 0 Å². The zero-order valence-electron chi connectivity index (χ0n) is 15.8. The Hall–Kier alpha value is -2.31. The molecule has 0 bridgehead atoms. The zero-order valence-corrected chi connectivity index (χ0v) is 15.8. The van der Waals surface area contributed by atoms with E-state index in [1.807, 2.05) is 20.8 Å². The number of aromatic nitrogens is 1. The van der Waals surface area contributed by atoms with Crippen LogP contribution in [-0.4, -0.2) is 39.8 Å². The van der Waals surface area contributed by atoms with Crippen LogP contribution in [0.15, 0.2) is 12.3 Å². The minimum absolute atomic E-state index is 0.336. The third-order valence-corrected chi connectivity index (χ3v) is 3.38. The molecule has 0 fully saturated rings. The number of pyridine rings is 1. The lowest BCUT2D eigenvalue weighted by Crippen LogP contribution is -2.40. The number of rotatable bonds is 1. The van der Waals surface area contributed by atoms with Crippen LogP contribution in [0.25, 0.3) is 0 Å². The van der Waals surface area contributed by atoms with E-state index >= 15 is 0 Å². The molecule has 138 valence electrons. The Bertz CT molecular complexity index is 659. The largest absolute Gasteiger partial charge is 0.444 e. The van der Waals surface area contributed by atoms with Crippen molar-refractivity contribution in [2.24, 2.45) is 0 Å². The first-order valence-corrected chi connectivity index (χ1v) is 8.39. The molecule has 7 nitrogen and oxygen atoms in total. The summed E-state index contributed by atoms with van der Waals surface area (Å²) >= 11 is 0. The SMILES string of the molecule is CC(C)(C)OC(=O)Nc1cc2c(cn1)CCN(C(=O)OC(C)(C)C)C2. The standard InChI is InChI=1S/C18H27N3O4/c1-17(2,3)24-15(22)20-14-9-13-11-21(8-7-12(13)10-19-14)16(23)25-18(4,5)6/h9-10H,7-8,11H2,1-6H3,(H,19,20,22). The van der Waals surface area contributed by atoms with Gasteiger partial charge in [-0.2, -0.15) is 0 Å². The van der Waals surface area contributed by atoms with Crippen LogP contribution < -0.4 is 5.32 Å². The van der Waals surface area contributed by atoms with Crippen LogP contribution in [0.4, 0.5) is 15.4 Å². The molecule has 1 aliphatic heterocycles. The first-order chi connectivity index (χ1) is 11.4. The van der Waals surface area contributed by atoms with Crippen molar-refractivity contribution in [3.63, 3.8) is 0 Å². The molecule has 2 heterocycles. The molecule has 2 rings (SSSR count). The minimum atomic E-state index is -0.578. The maximum atomic E-state index is 12.2. The smallest absolute Gasteiger partial charge is 0.413 e. The topological polar surface area (TPSA) is 80.8 Å². The summed E-state index contributed by atoms with van der Waals surface area (Å²) in [4.78, 5) is 30.0. The number of carbonyl (C=O) groups excluding carboxylic acids is 2. The van der Waals surface area contributed by atoms with Crippen LogP contribution >= 0.6 is 0 Å². The number of hydrogen-bond donors (Lipinski definition) is 1. The Labute approximate surface area is 148 Å². The highest BCUT2D eigenvalue weighted by atomic mass is 16.6. The van der Waals surface area contributed by atoms with Crippen molar-refractivity contribution in [2.75, 3.05) is 11.9 Å². The lowest BCUT2D eigenvalue weighted by molar-refractivity contribution is 0.0223. The number of hydrogen-bond acceptors (Lipinski definition) is 5. The Kier molecular flexibility index (Phi) is 5.25. The van der Waals surface area contributed by atoms with Crippen molar-refractivity contribution >= 4 is 18.0 Å². The zero-order chi connectivity index (χ0) is 18.8. The highest BCUT2D eigenvalue weighted by Crippen LogP contribution is 2.23. The van der Waals surface area contributed by atoms with Crippen molar-refractivity contribution in [3.05, 3.63) is 23.4 Å². The van der Waals surface area contributed by atoms with E-state index in [0.717, 1.165) is 11.1 Å². The fraction of sp³-hybridized carbons (Fsp3) is 0.611. The van der Waals surface area contributed by atoms with Gasteiger partial charge >= 0.3 is 12.2 Å². The van der Waals surface area contributed by atoms with Gasteiger partial charge < -0.3 is 14.4 Å². The van der Waals surface area contributed by atoms with Gasteiger partial charge in [0.05, 0.1) is 0 Å². The number of amides is 2. The molecular weight excluding hydrogens is 322 g/mol. The number of nitrogens with one attached hydrogen (secondary N) is 1. The van der Waals surface area contributed by atoms with Crippen molar-refractivity contribution in [1.29, 1.82) is 0 Å². The quantitative estimate of drug-likeness (QED) is 0.836. The van der Waals surface area contributed by atoms with Crippen LogP contribution in [0, 0.1) is 0 Å². The molecule has 0 saturated heterocycles. The molecule has 0 atom stereocenters. The summed E-state index contributed by atoms with van der Waals surface area (Å²) in [5.74, 6) is 0.402. The fourth-order valence-electron chi connectivity index (χ4n) is 2.40. The van der Waals surface area contributed by atoms with E-state index in [2.05, 4.69) is 10.3 Å². The Morgan fingerprint density at radius 3 is 2.32 bits per heavy atom. The molecule has 0 spiro atoms. The monoisotopic (exact) mass is 349 g/mol. The molecule has 0 unspecified atom stereocenters. The normalized spacial score (nSPS) is 14.6. The first-order valence-electron chi connectivity index (χ1n) is 8.39. The second kappa shape index (κ2) is 6.90. The Morgan fingerprint density at radius 1 is 1.08 bits per heavy atom. The van der Waals surface area contributed by atoms with Crippen LogP contribution in [0.3, 0.4) is 0 Å². The molecule has 0 aliphatic carbocycles. The van der Waals surface area contributed by atoms with Gasteiger partial charge in [0.25, 0.3) is 0 Å². The Balaban J connectivity index is 2.06. The number of fused-ring (bicyclic) bond motifs is 1. The molecule has 1 N–H and O–H groups in total. The second-order valence-corrected chi connectivity index (χ2v) is 8.12. The van der Waals surface area contributed by atoms with Gasteiger partial charge in [-0.1, -0.05) is 0 Å². The fourth-order valence-corrected chi connectivity index (χ4v) is 2.40. The number of ether oxygens (including phenoxy) is 2. The van der Waals surface area contributed by atoms with E-state index in [1.54, 1.807) is 37.9 Å². The molecule has 2 amide bonds. The molecule has 0 aromatic carbocycles. The predicted octanol–water partition coefficient (Wildman–Crippen LogP) is 3.72. The predicted molar refractivity (Wildman–Crippen MR) is 94.4 cm³/mol. The molecule has 1 aliphatic rings. The van der Waals surface area contributed by atoms with Crippen LogP contribution in [0.2, 0.25) is 0 Å². The summed E-state index contributed by atoms with van der Waals surface area (Å²) in [6, 6.07) is 1.77. The maximum absolute atomic E-state index is 12.2. The molecule has 1 aromatic heterocycles. The van der Waals surface area contributed by atoms with Crippen molar-refractivity contribution in [2.45, 2.75) is 65.7 Å². The lowest BCUT2D eigenvalue weighted by Gasteiger charge is -2.31. The van der Waals surface area contributed by atoms with E-state index in [0.29, 0.717) is 25.3 Å². The van der Waals surface area contributed by atoms with E-state index in [-0.39, 0.29) is 6.09 Å². The van der Waals surface area contributed by atoms with E-state index < -0.39 is 17.3 Å². The van der Waals surface area contributed by atoms with Crippen LogP contribution in [0.1, 0.15) is 52.7 Å². The maximum Gasteiger partial charge on any atom is 0.413 e. The number of anilines is 1. The highest BCUT2D eigenvalue weighted by molar-refractivity contribution is 5.83. The molecule has 7 heteroatoms. The van der Waals surface area contributed by atoms with Crippen molar-refractivity contribution in [1.82, 2.24) is 9.88 Å². The summed E-state index contributed by atoms with van der Waals surface area (Å²) in [6.07, 6.45) is 1.54. The number of nitrogens with zero attached hydrogens (tertiary/aromatic N) is 2. The van der Waals surface area contributed by atoms with Gasteiger partial charge in [0, 0.05) is 19.3 Å².